The number of hydrogen-bond acceptors (Lipinski definition) is 3. The molecule has 4 heteroatoms. The van der Waals surface area contributed by atoms with Crippen molar-refractivity contribution in [1.29, 1.82) is 0 Å². The number of halogens is 1. The van der Waals surface area contributed by atoms with E-state index in [0.717, 1.165) is 30.0 Å². The van der Waals surface area contributed by atoms with Gasteiger partial charge >= 0.3 is 0 Å². The molecule has 1 unspecified atom stereocenters. The number of benzene rings is 1. The zero-order valence-corrected chi connectivity index (χ0v) is 12.9. The third-order valence-corrected chi connectivity index (χ3v) is 4.64. The summed E-state index contributed by atoms with van der Waals surface area (Å²) in [7, 11) is 0. The van der Waals surface area contributed by atoms with E-state index in [4.69, 9.17) is 11.6 Å². The SMILES string of the molecule is Clc1ccc(C2CCN(c3ccnc4cnccc34)C2)cc1. The summed E-state index contributed by atoms with van der Waals surface area (Å²) in [6, 6.07) is 12.4. The van der Waals surface area contributed by atoms with Crippen LogP contribution in [-0.2, 0) is 0 Å². The zero-order chi connectivity index (χ0) is 14.9. The third kappa shape index (κ3) is 2.42. The molecule has 4 rings (SSSR count). The molecule has 2 aromatic heterocycles. The Bertz CT molecular complexity index is 796. The fourth-order valence-electron chi connectivity index (χ4n) is 3.25. The first-order valence-electron chi connectivity index (χ1n) is 7.50. The molecule has 1 aliphatic heterocycles. The van der Waals surface area contributed by atoms with E-state index in [2.05, 4.69) is 33.1 Å². The number of hydrogen-bond donors (Lipinski definition) is 0. The average Bonchev–Trinajstić information content (AvgIpc) is 3.05. The van der Waals surface area contributed by atoms with Crippen LogP contribution < -0.4 is 4.90 Å². The summed E-state index contributed by atoms with van der Waals surface area (Å²) in [5, 5.41) is 1.97. The Hall–Kier alpha value is -2.13. The van der Waals surface area contributed by atoms with Crippen LogP contribution in [0, 0.1) is 0 Å². The Morgan fingerprint density at radius 1 is 1.05 bits per heavy atom. The van der Waals surface area contributed by atoms with Crippen molar-refractivity contribution < 1.29 is 0 Å². The Kier molecular flexibility index (Phi) is 3.43. The molecule has 0 aliphatic carbocycles. The van der Waals surface area contributed by atoms with E-state index in [0.29, 0.717) is 5.92 Å². The second kappa shape index (κ2) is 5.58. The molecule has 1 fully saturated rings. The largest absolute Gasteiger partial charge is 0.370 e. The smallest absolute Gasteiger partial charge is 0.0905 e. The lowest BCUT2D eigenvalue weighted by molar-refractivity contribution is 0.775. The Labute approximate surface area is 134 Å². The summed E-state index contributed by atoms with van der Waals surface area (Å²) in [6.45, 7) is 2.10. The van der Waals surface area contributed by atoms with Crippen LogP contribution in [0.1, 0.15) is 17.9 Å². The first-order valence-corrected chi connectivity index (χ1v) is 7.88. The summed E-state index contributed by atoms with van der Waals surface area (Å²) in [5.74, 6) is 0.558. The van der Waals surface area contributed by atoms with Crippen molar-refractivity contribution in [1.82, 2.24) is 9.97 Å². The second-order valence-electron chi connectivity index (χ2n) is 5.71. The molecule has 3 aromatic rings. The predicted molar refractivity (Wildman–Crippen MR) is 90.6 cm³/mol. The number of fused-ring (bicyclic) bond motifs is 1. The Morgan fingerprint density at radius 3 is 2.77 bits per heavy atom. The van der Waals surface area contributed by atoms with E-state index in [1.807, 2.05) is 36.8 Å². The molecule has 0 spiro atoms. The zero-order valence-electron chi connectivity index (χ0n) is 12.1. The van der Waals surface area contributed by atoms with Crippen LogP contribution in [0.25, 0.3) is 10.9 Å². The molecule has 3 nitrogen and oxygen atoms in total. The van der Waals surface area contributed by atoms with Crippen LogP contribution >= 0.6 is 11.6 Å². The summed E-state index contributed by atoms with van der Waals surface area (Å²) < 4.78 is 0. The molecule has 0 radical (unpaired) electrons. The van der Waals surface area contributed by atoms with Gasteiger partial charge in [-0.2, -0.15) is 0 Å². The second-order valence-corrected chi connectivity index (χ2v) is 6.14. The van der Waals surface area contributed by atoms with Gasteiger partial charge in [0.2, 0.25) is 0 Å². The van der Waals surface area contributed by atoms with Gasteiger partial charge in [0.15, 0.2) is 0 Å². The fourth-order valence-corrected chi connectivity index (χ4v) is 3.37. The standard InChI is InChI=1S/C18H16ClN3/c19-15-3-1-13(2-4-15)14-7-10-22(12-14)18-6-9-21-17-11-20-8-5-16(17)18/h1-6,8-9,11,14H,7,10,12H2. The van der Waals surface area contributed by atoms with Gasteiger partial charge in [0, 0.05) is 47.5 Å². The van der Waals surface area contributed by atoms with Gasteiger partial charge in [-0.3, -0.25) is 9.97 Å². The van der Waals surface area contributed by atoms with Crippen LogP contribution in [-0.4, -0.2) is 23.1 Å². The van der Waals surface area contributed by atoms with E-state index in [-0.39, 0.29) is 0 Å². The summed E-state index contributed by atoms with van der Waals surface area (Å²) in [4.78, 5) is 11.0. The minimum absolute atomic E-state index is 0.558. The van der Waals surface area contributed by atoms with Crippen molar-refractivity contribution in [3.05, 3.63) is 65.6 Å². The summed E-state index contributed by atoms with van der Waals surface area (Å²) in [5.41, 5.74) is 3.57. The van der Waals surface area contributed by atoms with Gasteiger partial charge in [0.05, 0.1) is 11.7 Å². The van der Waals surface area contributed by atoms with Gasteiger partial charge in [-0.1, -0.05) is 23.7 Å². The predicted octanol–water partition coefficient (Wildman–Crippen LogP) is 4.28. The van der Waals surface area contributed by atoms with Gasteiger partial charge in [0.25, 0.3) is 0 Å². The highest BCUT2D eigenvalue weighted by molar-refractivity contribution is 6.30. The Balaban J connectivity index is 1.63. The van der Waals surface area contributed by atoms with Crippen molar-refractivity contribution in [2.75, 3.05) is 18.0 Å². The van der Waals surface area contributed by atoms with Gasteiger partial charge in [0.1, 0.15) is 0 Å². The molecule has 1 aromatic carbocycles. The quantitative estimate of drug-likeness (QED) is 0.707. The topological polar surface area (TPSA) is 29.0 Å². The van der Waals surface area contributed by atoms with E-state index >= 15 is 0 Å². The summed E-state index contributed by atoms with van der Waals surface area (Å²) >= 11 is 5.98. The molecule has 1 aliphatic rings. The highest BCUT2D eigenvalue weighted by Gasteiger charge is 2.25. The van der Waals surface area contributed by atoms with Crippen molar-refractivity contribution >= 4 is 28.2 Å². The summed E-state index contributed by atoms with van der Waals surface area (Å²) in [6.07, 6.45) is 6.69. The number of anilines is 1. The lowest BCUT2D eigenvalue weighted by Crippen LogP contribution is -2.19. The van der Waals surface area contributed by atoms with Gasteiger partial charge in [-0.05, 0) is 36.2 Å². The van der Waals surface area contributed by atoms with Gasteiger partial charge in [-0.15, -0.1) is 0 Å². The molecule has 1 atom stereocenters. The maximum Gasteiger partial charge on any atom is 0.0905 e. The van der Waals surface area contributed by atoms with E-state index in [9.17, 15) is 0 Å². The fraction of sp³-hybridized carbons (Fsp3) is 0.222. The first kappa shape index (κ1) is 13.5. The molecule has 1 saturated heterocycles. The lowest BCUT2D eigenvalue weighted by atomic mass is 9.99. The molecule has 110 valence electrons. The highest BCUT2D eigenvalue weighted by atomic mass is 35.5. The number of rotatable bonds is 2. The van der Waals surface area contributed by atoms with Crippen LogP contribution in [0.15, 0.2) is 55.0 Å². The average molecular weight is 310 g/mol. The van der Waals surface area contributed by atoms with Crippen LogP contribution in [0.4, 0.5) is 5.69 Å². The van der Waals surface area contributed by atoms with Crippen molar-refractivity contribution in [3.8, 4) is 0 Å². The van der Waals surface area contributed by atoms with Crippen molar-refractivity contribution in [3.63, 3.8) is 0 Å². The van der Waals surface area contributed by atoms with Crippen molar-refractivity contribution in [2.45, 2.75) is 12.3 Å². The minimum atomic E-state index is 0.558. The molecule has 3 heterocycles. The monoisotopic (exact) mass is 309 g/mol. The molecular weight excluding hydrogens is 294 g/mol. The normalized spacial score (nSPS) is 18.0. The number of nitrogens with zero attached hydrogens (tertiary/aromatic N) is 3. The minimum Gasteiger partial charge on any atom is -0.370 e. The highest BCUT2D eigenvalue weighted by Crippen LogP contribution is 2.34. The number of aromatic nitrogens is 2. The van der Waals surface area contributed by atoms with Crippen LogP contribution in [0.5, 0.6) is 0 Å². The van der Waals surface area contributed by atoms with Crippen molar-refractivity contribution in [2.24, 2.45) is 0 Å². The van der Waals surface area contributed by atoms with E-state index in [1.54, 1.807) is 0 Å². The molecule has 0 N–H and O–H groups in total. The third-order valence-electron chi connectivity index (χ3n) is 4.39. The van der Waals surface area contributed by atoms with E-state index in [1.165, 1.54) is 16.6 Å². The first-order chi connectivity index (χ1) is 10.8. The molecule has 22 heavy (non-hydrogen) atoms. The lowest BCUT2D eigenvalue weighted by Gasteiger charge is -2.20. The van der Waals surface area contributed by atoms with Gasteiger partial charge < -0.3 is 4.90 Å². The molecule has 0 saturated carbocycles. The van der Waals surface area contributed by atoms with Gasteiger partial charge in [-0.25, -0.2) is 0 Å². The molecule has 0 bridgehead atoms. The maximum absolute atomic E-state index is 5.98. The van der Waals surface area contributed by atoms with E-state index < -0.39 is 0 Å². The molecule has 0 amide bonds. The van der Waals surface area contributed by atoms with Crippen LogP contribution in [0.3, 0.4) is 0 Å². The number of pyridine rings is 2. The maximum atomic E-state index is 5.98. The molecular formula is C18H16ClN3. The Morgan fingerprint density at radius 2 is 1.91 bits per heavy atom. The van der Waals surface area contributed by atoms with Crippen LogP contribution in [0.2, 0.25) is 5.02 Å².